The van der Waals surface area contributed by atoms with E-state index in [0.29, 0.717) is 11.3 Å². The second-order valence-electron chi connectivity index (χ2n) is 10.4. The van der Waals surface area contributed by atoms with Crippen molar-refractivity contribution in [3.63, 3.8) is 0 Å². The van der Waals surface area contributed by atoms with Gasteiger partial charge in [0, 0.05) is 34.1 Å². The predicted octanol–water partition coefficient (Wildman–Crippen LogP) is 6.47. The zero-order valence-corrected chi connectivity index (χ0v) is 25.1. The summed E-state index contributed by atoms with van der Waals surface area (Å²) in [5, 5.41) is 21.0. The molecule has 0 spiro atoms. The molecule has 0 radical (unpaired) electrons. The highest BCUT2D eigenvalue weighted by Crippen LogP contribution is 2.37. The van der Waals surface area contributed by atoms with Crippen LogP contribution in [0.4, 0.5) is 14.5 Å². The molecule has 0 bridgehead atoms. The van der Waals surface area contributed by atoms with Gasteiger partial charge in [0.15, 0.2) is 0 Å². The number of nitrogens with zero attached hydrogens (tertiary/aromatic N) is 3. The first kappa shape index (κ1) is 30.8. The van der Waals surface area contributed by atoms with Crippen molar-refractivity contribution in [3.05, 3.63) is 96.6 Å². The van der Waals surface area contributed by atoms with Crippen molar-refractivity contribution in [2.75, 3.05) is 7.11 Å². The number of aromatic nitrogens is 2. The predicted molar refractivity (Wildman–Crippen MR) is 155 cm³/mol. The van der Waals surface area contributed by atoms with Gasteiger partial charge in [0.05, 0.1) is 17.5 Å². The molecule has 14 heteroatoms. The van der Waals surface area contributed by atoms with E-state index in [0.717, 1.165) is 23.1 Å². The van der Waals surface area contributed by atoms with Crippen molar-refractivity contribution in [1.82, 2.24) is 20.4 Å². The van der Waals surface area contributed by atoms with Gasteiger partial charge < -0.3 is 15.0 Å². The van der Waals surface area contributed by atoms with Crippen LogP contribution in [0.5, 0.6) is 5.75 Å². The summed E-state index contributed by atoms with van der Waals surface area (Å²) in [6, 6.07) is 9.16. The van der Waals surface area contributed by atoms with Crippen molar-refractivity contribution in [2.45, 2.75) is 38.9 Å². The standard InChI is InChI=1S/C28H25BrClF2N5O5/c1-28(2,3)33-26(38)24(17-11-15(31)7-10-19(17)30)36(13-14-5-8-16(42-4)9-6-14)27(39)21-22(32)20(37(40)41)12-18-23(21)34-35-25(18)29/h5-12,24H,13H2,1-4H3,(H,33,38)(H,34,35). The highest BCUT2D eigenvalue weighted by atomic mass is 79.9. The van der Waals surface area contributed by atoms with Gasteiger partial charge in [-0.05, 0) is 72.6 Å². The lowest BCUT2D eigenvalue weighted by Gasteiger charge is -2.34. The fraction of sp³-hybridized carbons (Fsp3) is 0.250. The first-order valence-corrected chi connectivity index (χ1v) is 13.6. The number of hydrogen-bond donors (Lipinski definition) is 2. The molecule has 0 fully saturated rings. The molecule has 2 N–H and O–H groups in total. The van der Waals surface area contributed by atoms with Crippen LogP contribution in [0.15, 0.2) is 53.1 Å². The van der Waals surface area contributed by atoms with E-state index >= 15 is 4.39 Å². The van der Waals surface area contributed by atoms with E-state index in [9.17, 15) is 24.1 Å². The summed E-state index contributed by atoms with van der Waals surface area (Å²) in [5.41, 5.74) is -2.24. The van der Waals surface area contributed by atoms with Crippen molar-refractivity contribution < 1.29 is 28.0 Å². The van der Waals surface area contributed by atoms with Gasteiger partial charge in [-0.2, -0.15) is 9.49 Å². The van der Waals surface area contributed by atoms with Crippen LogP contribution in [-0.4, -0.2) is 44.5 Å². The molecule has 220 valence electrons. The van der Waals surface area contributed by atoms with Gasteiger partial charge in [-0.1, -0.05) is 23.7 Å². The lowest BCUT2D eigenvalue weighted by atomic mass is 9.98. The first-order valence-electron chi connectivity index (χ1n) is 12.4. The van der Waals surface area contributed by atoms with Gasteiger partial charge in [0.2, 0.25) is 11.7 Å². The fourth-order valence-corrected chi connectivity index (χ4v) is 5.01. The molecule has 0 saturated carbocycles. The number of carbonyl (C=O) groups excluding carboxylic acids is 2. The number of hydrogen-bond acceptors (Lipinski definition) is 6. The Morgan fingerprint density at radius 2 is 1.86 bits per heavy atom. The molecule has 10 nitrogen and oxygen atoms in total. The Bertz CT molecular complexity index is 1690. The Hall–Kier alpha value is -4.10. The third-order valence-electron chi connectivity index (χ3n) is 6.23. The Kier molecular flexibility index (Phi) is 8.83. The van der Waals surface area contributed by atoms with Crippen LogP contribution in [0.1, 0.15) is 48.3 Å². The molecule has 3 aromatic carbocycles. The third kappa shape index (κ3) is 6.36. The highest BCUT2D eigenvalue weighted by molar-refractivity contribution is 9.10. The summed E-state index contributed by atoms with van der Waals surface area (Å²) in [4.78, 5) is 40.1. The van der Waals surface area contributed by atoms with E-state index in [1.54, 1.807) is 45.0 Å². The third-order valence-corrected chi connectivity index (χ3v) is 7.18. The molecular formula is C28H25BrClF2N5O5. The number of ether oxygens (including phenoxy) is 1. The van der Waals surface area contributed by atoms with Crippen LogP contribution in [0.3, 0.4) is 0 Å². The number of amides is 2. The topological polar surface area (TPSA) is 130 Å². The van der Waals surface area contributed by atoms with E-state index < -0.39 is 51.2 Å². The second-order valence-corrected chi connectivity index (χ2v) is 11.5. The molecule has 0 aliphatic carbocycles. The lowest BCUT2D eigenvalue weighted by molar-refractivity contribution is -0.387. The summed E-state index contributed by atoms with van der Waals surface area (Å²) in [5.74, 6) is -3.51. The smallest absolute Gasteiger partial charge is 0.306 e. The highest BCUT2D eigenvalue weighted by Gasteiger charge is 2.39. The molecule has 1 unspecified atom stereocenters. The first-order chi connectivity index (χ1) is 19.7. The molecule has 0 saturated heterocycles. The quantitative estimate of drug-likeness (QED) is 0.164. The second kappa shape index (κ2) is 12.0. The van der Waals surface area contributed by atoms with Crippen molar-refractivity contribution in [3.8, 4) is 5.75 Å². The molecule has 4 aromatic rings. The monoisotopic (exact) mass is 663 g/mol. The van der Waals surface area contributed by atoms with Gasteiger partial charge in [0.1, 0.15) is 27.8 Å². The number of benzene rings is 3. The van der Waals surface area contributed by atoms with E-state index in [-0.39, 0.29) is 32.6 Å². The molecule has 42 heavy (non-hydrogen) atoms. The van der Waals surface area contributed by atoms with Crippen molar-refractivity contribution in [2.24, 2.45) is 0 Å². The fourth-order valence-electron chi connectivity index (χ4n) is 4.39. The van der Waals surface area contributed by atoms with E-state index in [2.05, 4.69) is 31.4 Å². The number of aromatic amines is 1. The van der Waals surface area contributed by atoms with Crippen LogP contribution >= 0.6 is 27.5 Å². The van der Waals surface area contributed by atoms with Crippen LogP contribution < -0.4 is 10.1 Å². The summed E-state index contributed by atoms with van der Waals surface area (Å²) >= 11 is 9.61. The van der Waals surface area contributed by atoms with E-state index in [4.69, 9.17) is 16.3 Å². The molecule has 1 atom stereocenters. The minimum absolute atomic E-state index is 0.0352. The number of nitro groups is 1. The maximum Gasteiger partial charge on any atom is 0.306 e. The minimum atomic E-state index is -1.60. The number of carbonyl (C=O) groups is 2. The molecule has 4 rings (SSSR count). The number of rotatable bonds is 8. The van der Waals surface area contributed by atoms with Crippen LogP contribution in [0, 0.1) is 21.7 Å². The van der Waals surface area contributed by atoms with Gasteiger partial charge in [-0.3, -0.25) is 24.8 Å². The lowest BCUT2D eigenvalue weighted by Crippen LogP contribution is -2.49. The molecule has 1 aromatic heterocycles. The number of halogens is 4. The minimum Gasteiger partial charge on any atom is -0.497 e. The van der Waals surface area contributed by atoms with Crippen molar-refractivity contribution in [1.29, 1.82) is 0 Å². The van der Waals surface area contributed by atoms with Crippen molar-refractivity contribution >= 4 is 55.9 Å². The van der Waals surface area contributed by atoms with Gasteiger partial charge >= 0.3 is 5.69 Å². The number of nitrogens with one attached hydrogen (secondary N) is 2. The Balaban J connectivity index is 2.01. The van der Waals surface area contributed by atoms with Crippen LogP contribution in [0.2, 0.25) is 5.02 Å². The van der Waals surface area contributed by atoms with Gasteiger partial charge in [-0.15, -0.1) is 0 Å². The summed E-state index contributed by atoms with van der Waals surface area (Å²) in [7, 11) is 1.47. The average Bonchev–Trinajstić information content (AvgIpc) is 3.28. The number of fused-ring (bicyclic) bond motifs is 1. The number of H-pyrrole nitrogens is 1. The summed E-state index contributed by atoms with van der Waals surface area (Å²) in [6.45, 7) is 4.81. The maximum absolute atomic E-state index is 15.8. The zero-order valence-electron chi connectivity index (χ0n) is 22.8. The van der Waals surface area contributed by atoms with E-state index in [1.807, 2.05) is 0 Å². The zero-order chi connectivity index (χ0) is 30.9. The molecule has 1 heterocycles. The molecule has 2 amide bonds. The molecule has 0 aliphatic heterocycles. The molecular weight excluding hydrogens is 640 g/mol. The van der Waals surface area contributed by atoms with E-state index in [1.165, 1.54) is 13.2 Å². The average molecular weight is 665 g/mol. The maximum atomic E-state index is 15.8. The Morgan fingerprint density at radius 3 is 2.45 bits per heavy atom. The Labute approximate surface area is 252 Å². The van der Waals surface area contributed by atoms with Crippen LogP contribution in [0.25, 0.3) is 10.9 Å². The van der Waals surface area contributed by atoms with Crippen LogP contribution in [-0.2, 0) is 11.3 Å². The summed E-state index contributed by atoms with van der Waals surface area (Å²) < 4.78 is 35.7. The summed E-state index contributed by atoms with van der Waals surface area (Å²) in [6.07, 6.45) is 0. The van der Waals surface area contributed by atoms with Gasteiger partial charge in [0.25, 0.3) is 5.91 Å². The normalized spacial score (nSPS) is 12.2. The largest absolute Gasteiger partial charge is 0.497 e. The van der Waals surface area contributed by atoms with Gasteiger partial charge in [-0.25, -0.2) is 4.39 Å². The number of methoxy groups -OCH3 is 1. The SMILES string of the molecule is COc1ccc(CN(C(=O)c2c(F)c([N+](=O)[O-])cc3c(Br)n[nH]c23)C(C(=O)NC(C)(C)C)c2cc(F)ccc2Cl)cc1. The molecule has 0 aliphatic rings. The Morgan fingerprint density at radius 1 is 1.19 bits per heavy atom. The number of nitro benzene ring substituents is 1.